The second-order valence-corrected chi connectivity index (χ2v) is 5.96. The van der Waals surface area contributed by atoms with E-state index in [-0.39, 0.29) is 12.1 Å². The van der Waals surface area contributed by atoms with E-state index in [0.29, 0.717) is 5.92 Å². The minimum absolute atomic E-state index is 0.156. The monoisotopic (exact) mass is 293 g/mol. The zero-order valence-electron chi connectivity index (χ0n) is 14.2. The average Bonchev–Trinajstić information content (AvgIpc) is 2.48. The summed E-state index contributed by atoms with van der Waals surface area (Å²) in [6.07, 6.45) is 2.38. The molecule has 0 amide bonds. The van der Waals surface area contributed by atoms with Crippen molar-refractivity contribution in [2.24, 2.45) is 5.92 Å². The molecule has 0 aliphatic heterocycles. The Kier molecular flexibility index (Phi) is 8.40. The first-order valence-corrected chi connectivity index (χ1v) is 8.07. The van der Waals surface area contributed by atoms with E-state index >= 15 is 0 Å². The third-order valence-electron chi connectivity index (χ3n) is 3.63. The van der Waals surface area contributed by atoms with Crippen molar-refractivity contribution in [1.29, 1.82) is 0 Å². The zero-order chi connectivity index (χ0) is 15.7. The van der Waals surface area contributed by atoms with Crippen LogP contribution >= 0.6 is 0 Å². The van der Waals surface area contributed by atoms with E-state index in [0.717, 1.165) is 31.7 Å². The minimum atomic E-state index is 0.156. The Morgan fingerprint density at radius 1 is 1.10 bits per heavy atom. The van der Waals surface area contributed by atoms with Crippen molar-refractivity contribution in [2.45, 2.75) is 52.7 Å². The van der Waals surface area contributed by atoms with Gasteiger partial charge in [-0.05, 0) is 49.9 Å². The summed E-state index contributed by atoms with van der Waals surface area (Å²) in [6.45, 7) is 10.6. The lowest BCUT2D eigenvalue weighted by atomic mass is 10.0. The fourth-order valence-electron chi connectivity index (χ4n) is 2.25. The van der Waals surface area contributed by atoms with Crippen molar-refractivity contribution >= 4 is 0 Å². The highest BCUT2D eigenvalue weighted by molar-refractivity contribution is 5.29. The number of rotatable bonds is 10. The molecule has 0 aliphatic carbocycles. The van der Waals surface area contributed by atoms with Gasteiger partial charge in [-0.25, -0.2) is 0 Å². The molecule has 0 saturated carbocycles. The molecular weight excluding hydrogens is 262 g/mol. The number of hydrogen-bond acceptors (Lipinski definition) is 3. The second kappa shape index (κ2) is 9.80. The molecule has 1 aromatic carbocycles. The van der Waals surface area contributed by atoms with Gasteiger partial charge in [-0.2, -0.15) is 0 Å². The molecule has 0 bridgehead atoms. The first-order chi connectivity index (χ1) is 10.1. The van der Waals surface area contributed by atoms with Crippen LogP contribution in [0.1, 0.15) is 52.1 Å². The summed E-state index contributed by atoms with van der Waals surface area (Å²) < 4.78 is 11.3. The molecule has 0 heterocycles. The second-order valence-electron chi connectivity index (χ2n) is 5.96. The van der Waals surface area contributed by atoms with E-state index in [1.807, 2.05) is 12.1 Å². The quantitative estimate of drug-likeness (QED) is 0.702. The molecule has 3 nitrogen and oxygen atoms in total. The van der Waals surface area contributed by atoms with Gasteiger partial charge in [0.05, 0.1) is 19.3 Å². The molecule has 0 fully saturated rings. The van der Waals surface area contributed by atoms with E-state index in [1.165, 1.54) is 5.56 Å². The number of hydrogen-bond donors (Lipinski definition) is 1. The molecule has 2 atom stereocenters. The molecule has 0 radical (unpaired) electrons. The van der Waals surface area contributed by atoms with Gasteiger partial charge in [0, 0.05) is 6.61 Å². The van der Waals surface area contributed by atoms with Crippen LogP contribution in [0.2, 0.25) is 0 Å². The van der Waals surface area contributed by atoms with Gasteiger partial charge in [0.2, 0.25) is 0 Å². The van der Waals surface area contributed by atoms with E-state index in [2.05, 4.69) is 45.1 Å². The van der Waals surface area contributed by atoms with Gasteiger partial charge in [-0.3, -0.25) is 0 Å². The number of ether oxygens (including phenoxy) is 2. The van der Waals surface area contributed by atoms with Crippen LogP contribution in [0.15, 0.2) is 24.3 Å². The smallest absolute Gasteiger partial charge is 0.118 e. The Morgan fingerprint density at radius 3 is 2.29 bits per heavy atom. The van der Waals surface area contributed by atoms with Gasteiger partial charge in [0.25, 0.3) is 0 Å². The van der Waals surface area contributed by atoms with Crippen LogP contribution in [0.5, 0.6) is 5.75 Å². The molecule has 21 heavy (non-hydrogen) atoms. The molecule has 1 rings (SSSR count). The molecule has 120 valence electrons. The van der Waals surface area contributed by atoms with Crippen LogP contribution < -0.4 is 10.1 Å². The third-order valence-corrected chi connectivity index (χ3v) is 3.63. The molecule has 1 aromatic rings. The highest BCUT2D eigenvalue weighted by Crippen LogP contribution is 2.22. The van der Waals surface area contributed by atoms with Crippen molar-refractivity contribution in [3.05, 3.63) is 29.8 Å². The van der Waals surface area contributed by atoms with Crippen molar-refractivity contribution in [3.8, 4) is 5.75 Å². The Morgan fingerprint density at radius 2 is 1.76 bits per heavy atom. The van der Waals surface area contributed by atoms with Gasteiger partial charge in [-0.15, -0.1) is 0 Å². The average molecular weight is 293 g/mol. The van der Waals surface area contributed by atoms with Crippen molar-refractivity contribution in [3.63, 3.8) is 0 Å². The van der Waals surface area contributed by atoms with Crippen molar-refractivity contribution < 1.29 is 9.47 Å². The van der Waals surface area contributed by atoms with Crippen LogP contribution in [0.25, 0.3) is 0 Å². The third kappa shape index (κ3) is 6.49. The van der Waals surface area contributed by atoms with Crippen LogP contribution in [0, 0.1) is 5.92 Å². The number of methoxy groups -OCH3 is 1. The highest BCUT2D eigenvalue weighted by Gasteiger charge is 2.19. The molecule has 0 spiro atoms. The SMILES string of the molecule is CCCNC(c1ccc(OC)cc1)C(C)OCCC(C)C. The molecule has 0 saturated heterocycles. The predicted molar refractivity (Wildman–Crippen MR) is 88.9 cm³/mol. The van der Waals surface area contributed by atoms with Crippen LogP contribution in [-0.2, 0) is 4.74 Å². The van der Waals surface area contributed by atoms with Crippen LogP contribution in [0.4, 0.5) is 0 Å². The van der Waals surface area contributed by atoms with Gasteiger partial charge >= 0.3 is 0 Å². The topological polar surface area (TPSA) is 30.5 Å². The summed E-state index contributed by atoms with van der Waals surface area (Å²) in [5.74, 6) is 1.57. The maximum absolute atomic E-state index is 6.03. The number of benzene rings is 1. The zero-order valence-corrected chi connectivity index (χ0v) is 14.2. The Balaban J connectivity index is 2.68. The molecular formula is C18H31NO2. The summed E-state index contributed by atoms with van der Waals surface area (Å²) in [4.78, 5) is 0. The fraction of sp³-hybridized carbons (Fsp3) is 0.667. The van der Waals surface area contributed by atoms with Gasteiger partial charge in [-0.1, -0.05) is 32.9 Å². The molecule has 0 aromatic heterocycles. The maximum atomic E-state index is 6.03. The lowest BCUT2D eigenvalue weighted by Crippen LogP contribution is -2.33. The van der Waals surface area contributed by atoms with E-state index in [4.69, 9.17) is 9.47 Å². The summed E-state index contributed by atoms with van der Waals surface area (Å²) in [5, 5.41) is 3.60. The molecule has 1 N–H and O–H groups in total. The Labute approximate surface area is 130 Å². The molecule has 0 aliphatic rings. The summed E-state index contributed by atoms with van der Waals surface area (Å²) >= 11 is 0. The maximum Gasteiger partial charge on any atom is 0.118 e. The molecule has 2 unspecified atom stereocenters. The predicted octanol–water partition coefficient (Wildman–Crippen LogP) is 4.19. The van der Waals surface area contributed by atoms with Crippen molar-refractivity contribution in [1.82, 2.24) is 5.32 Å². The van der Waals surface area contributed by atoms with Crippen LogP contribution in [0.3, 0.4) is 0 Å². The van der Waals surface area contributed by atoms with Gasteiger partial charge < -0.3 is 14.8 Å². The normalized spacial score (nSPS) is 14.2. The highest BCUT2D eigenvalue weighted by atomic mass is 16.5. The lowest BCUT2D eigenvalue weighted by Gasteiger charge is -2.26. The summed E-state index contributed by atoms with van der Waals surface area (Å²) in [7, 11) is 1.69. The first-order valence-electron chi connectivity index (χ1n) is 8.07. The minimum Gasteiger partial charge on any atom is -0.497 e. The largest absolute Gasteiger partial charge is 0.497 e. The first kappa shape index (κ1) is 18.0. The standard InChI is InChI=1S/C18H31NO2/c1-6-12-19-18(15(4)21-13-11-14(2)3)16-7-9-17(20-5)10-8-16/h7-10,14-15,18-19H,6,11-13H2,1-5H3. The Bertz CT molecular complexity index is 375. The van der Waals surface area contributed by atoms with E-state index in [1.54, 1.807) is 7.11 Å². The van der Waals surface area contributed by atoms with Crippen LogP contribution in [-0.4, -0.2) is 26.4 Å². The van der Waals surface area contributed by atoms with Crippen molar-refractivity contribution in [2.75, 3.05) is 20.3 Å². The van der Waals surface area contributed by atoms with E-state index in [9.17, 15) is 0 Å². The summed E-state index contributed by atoms with van der Waals surface area (Å²) in [6, 6.07) is 8.49. The number of nitrogens with one attached hydrogen (secondary N) is 1. The van der Waals surface area contributed by atoms with Gasteiger partial charge in [0.1, 0.15) is 5.75 Å². The van der Waals surface area contributed by atoms with Gasteiger partial charge in [0.15, 0.2) is 0 Å². The Hall–Kier alpha value is -1.06. The lowest BCUT2D eigenvalue weighted by molar-refractivity contribution is 0.0325. The van der Waals surface area contributed by atoms with E-state index < -0.39 is 0 Å². The fourth-order valence-corrected chi connectivity index (χ4v) is 2.25. The summed E-state index contributed by atoms with van der Waals surface area (Å²) in [5.41, 5.74) is 1.25. The molecule has 3 heteroatoms.